The first-order valence-corrected chi connectivity index (χ1v) is 11.6. The Morgan fingerprint density at radius 1 is 1.26 bits per heavy atom. The fourth-order valence-electron chi connectivity index (χ4n) is 4.16. The Bertz CT molecular complexity index is 1080. The number of aryl methyl sites for hydroxylation is 2. The maximum absolute atomic E-state index is 12.9. The average molecular weight is 440 g/mol. The van der Waals surface area contributed by atoms with Gasteiger partial charge in [0.25, 0.3) is 5.56 Å². The molecule has 0 fully saturated rings. The molecule has 0 amide bonds. The van der Waals surface area contributed by atoms with E-state index in [0.29, 0.717) is 32.1 Å². The third-order valence-electron chi connectivity index (χ3n) is 5.51. The van der Waals surface area contributed by atoms with Crippen molar-refractivity contribution < 1.29 is 9.84 Å². The summed E-state index contributed by atoms with van der Waals surface area (Å²) in [4.78, 5) is 24.9. The third kappa shape index (κ3) is 5.49. The van der Waals surface area contributed by atoms with E-state index in [2.05, 4.69) is 28.6 Å². The summed E-state index contributed by atoms with van der Waals surface area (Å²) in [6.45, 7) is 5.77. The molecule has 1 aromatic carbocycles. The van der Waals surface area contributed by atoms with Crippen LogP contribution < -0.4 is 5.56 Å². The minimum Gasteiger partial charge on any atom is -0.389 e. The minimum atomic E-state index is -0.645. The normalized spacial score (nSPS) is 14.6. The fraction of sp³-hybridized carbons (Fsp3) is 0.417. The number of hydrogen-bond donors (Lipinski definition) is 2. The number of benzene rings is 1. The van der Waals surface area contributed by atoms with Gasteiger partial charge in [-0.1, -0.05) is 36.4 Å². The molecule has 3 aromatic rings. The lowest BCUT2D eigenvalue weighted by Gasteiger charge is -2.24. The Kier molecular flexibility index (Phi) is 7.29. The summed E-state index contributed by atoms with van der Waals surface area (Å²) in [5, 5.41) is 11.2. The molecule has 0 radical (unpaired) electrons. The van der Waals surface area contributed by atoms with Gasteiger partial charge in [0.2, 0.25) is 0 Å². The molecule has 1 atom stereocenters. The van der Waals surface area contributed by atoms with E-state index in [1.807, 2.05) is 18.2 Å². The summed E-state index contributed by atoms with van der Waals surface area (Å²) < 4.78 is 5.40. The zero-order valence-electron chi connectivity index (χ0n) is 17.7. The first-order chi connectivity index (χ1) is 15.1. The molecule has 1 aliphatic rings. The highest BCUT2D eigenvalue weighted by atomic mass is 32.1. The lowest BCUT2D eigenvalue weighted by molar-refractivity contribution is 0.0223. The number of aromatic nitrogens is 2. The van der Waals surface area contributed by atoms with Crippen LogP contribution >= 0.6 is 11.3 Å². The maximum atomic E-state index is 12.9. The third-order valence-corrected chi connectivity index (χ3v) is 6.70. The monoisotopic (exact) mass is 439 g/mol. The molecule has 0 spiro atoms. The number of fused-ring (bicyclic) bond motifs is 3. The maximum Gasteiger partial charge on any atom is 0.259 e. The standard InChI is InChI=1S/C24H29N3O3S/c1-2-12-30-16-18(28)14-27(13-17-8-4-3-5-9-17)15-21-25-23(29)22-19-10-6-7-11-20(19)31-24(22)26-21/h2-5,8-9,18,28H,1,6-7,10-16H2,(H,25,26,29). The molecular weight excluding hydrogens is 410 g/mol. The zero-order valence-corrected chi connectivity index (χ0v) is 18.5. The molecular formula is C24H29N3O3S. The van der Waals surface area contributed by atoms with E-state index in [0.717, 1.165) is 35.0 Å². The quantitative estimate of drug-likeness (QED) is 0.374. The molecule has 4 rings (SSSR count). The number of ether oxygens (including phenoxy) is 1. The van der Waals surface area contributed by atoms with Gasteiger partial charge in [-0.2, -0.15) is 0 Å². The summed E-state index contributed by atoms with van der Waals surface area (Å²) in [5.74, 6) is 0.631. The van der Waals surface area contributed by atoms with Crippen molar-refractivity contribution in [1.29, 1.82) is 0 Å². The van der Waals surface area contributed by atoms with Crippen LogP contribution in [0.2, 0.25) is 0 Å². The van der Waals surface area contributed by atoms with E-state index in [4.69, 9.17) is 9.72 Å². The van der Waals surface area contributed by atoms with Crippen LogP contribution in [0.5, 0.6) is 0 Å². The van der Waals surface area contributed by atoms with Crippen LogP contribution in [-0.4, -0.2) is 45.8 Å². The van der Waals surface area contributed by atoms with Gasteiger partial charge in [0.05, 0.1) is 31.2 Å². The van der Waals surface area contributed by atoms with Gasteiger partial charge in [0, 0.05) is 18.0 Å². The number of hydrogen-bond acceptors (Lipinski definition) is 6. The van der Waals surface area contributed by atoms with Crippen molar-refractivity contribution in [3.05, 3.63) is 75.2 Å². The highest BCUT2D eigenvalue weighted by Crippen LogP contribution is 2.33. The first kappa shape index (κ1) is 21.9. The smallest absolute Gasteiger partial charge is 0.259 e. The molecule has 2 heterocycles. The first-order valence-electron chi connectivity index (χ1n) is 10.8. The molecule has 7 heteroatoms. The topological polar surface area (TPSA) is 78.5 Å². The molecule has 164 valence electrons. The van der Waals surface area contributed by atoms with Crippen LogP contribution in [-0.2, 0) is 30.7 Å². The van der Waals surface area contributed by atoms with Gasteiger partial charge < -0.3 is 14.8 Å². The second-order valence-electron chi connectivity index (χ2n) is 8.04. The lowest BCUT2D eigenvalue weighted by atomic mass is 9.97. The molecule has 2 aromatic heterocycles. The van der Waals surface area contributed by atoms with Gasteiger partial charge in [-0.3, -0.25) is 9.69 Å². The largest absolute Gasteiger partial charge is 0.389 e. The number of aromatic amines is 1. The van der Waals surface area contributed by atoms with Crippen molar-refractivity contribution in [3.63, 3.8) is 0 Å². The number of rotatable bonds is 10. The van der Waals surface area contributed by atoms with E-state index in [9.17, 15) is 9.90 Å². The summed E-state index contributed by atoms with van der Waals surface area (Å²) >= 11 is 1.66. The van der Waals surface area contributed by atoms with Crippen molar-refractivity contribution in [2.45, 2.75) is 44.9 Å². The van der Waals surface area contributed by atoms with Gasteiger partial charge in [-0.25, -0.2) is 4.98 Å². The SMILES string of the molecule is C=CCOCC(O)CN(Cc1ccccc1)Cc1nc2sc3c(c2c(=O)[nH]1)CCCC3. The fourth-order valence-corrected chi connectivity index (χ4v) is 5.44. The van der Waals surface area contributed by atoms with Crippen molar-refractivity contribution >= 4 is 21.6 Å². The highest BCUT2D eigenvalue weighted by molar-refractivity contribution is 7.18. The van der Waals surface area contributed by atoms with Gasteiger partial charge in [-0.15, -0.1) is 17.9 Å². The summed E-state index contributed by atoms with van der Waals surface area (Å²) in [6, 6.07) is 10.1. The minimum absolute atomic E-state index is 0.0473. The van der Waals surface area contributed by atoms with Crippen LogP contribution in [0, 0.1) is 0 Å². The van der Waals surface area contributed by atoms with E-state index in [-0.39, 0.29) is 12.2 Å². The van der Waals surface area contributed by atoms with Gasteiger partial charge >= 0.3 is 0 Å². The van der Waals surface area contributed by atoms with Crippen molar-refractivity contribution in [3.8, 4) is 0 Å². The van der Waals surface area contributed by atoms with Gasteiger partial charge in [-0.05, 0) is 36.8 Å². The van der Waals surface area contributed by atoms with Gasteiger partial charge in [0.15, 0.2) is 0 Å². The predicted octanol–water partition coefficient (Wildman–Crippen LogP) is 3.43. The predicted molar refractivity (Wildman–Crippen MR) is 124 cm³/mol. The van der Waals surface area contributed by atoms with Crippen LogP contribution in [0.25, 0.3) is 10.2 Å². The van der Waals surface area contributed by atoms with E-state index < -0.39 is 6.10 Å². The van der Waals surface area contributed by atoms with Crippen molar-refractivity contribution in [1.82, 2.24) is 14.9 Å². The number of aliphatic hydroxyl groups is 1. The molecule has 1 aliphatic carbocycles. The Labute approximate surface area is 186 Å². The molecule has 2 N–H and O–H groups in total. The molecule has 1 unspecified atom stereocenters. The molecule has 0 aliphatic heterocycles. The van der Waals surface area contributed by atoms with E-state index >= 15 is 0 Å². The number of nitrogens with one attached hydrogen (secondary N) is 1. The van der Waals surface area contributed by atoms with Crippen molar-refractivity contribution in [2.75, 3.05) is 19.8 Å². The molecule has 0 bridgehead atoms. The van der Waals surface area contributed by atoms with Gasteiger partial charge in [0.1, 0.15) is 10.7 Å². The summed E-state index contributed by atoms with van der Waals surface area (Å²) in [7, 11) is 0. The zero-order chi connectivity index (χ0) is 21.6. The van der Waals surface area contributed by atoms with Crippen LogP contribution in [0.15, 0.2) is 47.8 Å². The molecule has 6 nitrogen and oxygen atoms in total. The van der Waals surface area contributed by atoms with Crippen molar-refractivity contribution in [2.24, 2.45) is 0 Å². The Morgan fingerprint density at radius 3 is 2.87 bits per heavy atom. The highest BCUT2D eigenvalue weighted by Gasteiger charge is 2.21. The Hall–Kier alpha value is -2.32. The average Bonchev–Trinajstić information content (AvgIpc) is 3.13. The summed E-state index contributed by atoms with van der Waals surface area (Å²) in [5.41, 5.74) is 2.29. The van der Waals surface area contributed by atoms with E-state index in [1.165, 1.54) is 16.9 Å². The second-order valence-corrected chi connectivity index (χ2v) is 9.12. The number of nitrogens with zero attached hydrogens (tertiary/aromatic N) is 2. The molecule has 0 saturated heterocycles. The van der Waals surface area contributed by atoms with E-state index in [1.54, 1.807) is 17.4 Å². The number of thiophene rings is 1. The van der Waals surface area contributed by atoms with Crippen LogP contribution in [0.4, 0.5) is 0 Å². The second kappa shape index (κ2) is 10.3. The van der Waals surface area contributed by atoms with Crippen LogP contribution in [0.1, 0.15) is 34.7 Å². The Balaban J connectivity index is 1.55. The molecule has 0 saturated carbocycles. The summed E-state index contributed by atoms with van der Waals surface area (Å²) in [6.07, 6.45) is 5.35. The molecule has 31 heavy (non-hydrogen) atoms. The number of aliphatic hydroxyl groups excluding tert-OH is 1. The lowest BCUT2D eigenvalue weighted by Crippen LogP contribution is -2.35. The number of H-pyrrole nitrogens is 1. The van der Waals surface area contributed by atoms with Crippen LogP contribution in [0.3, 0.4) is 0 Å². The Morgan fingerprint density at radius 2 is 2.06 bits per heavy atom.